The Balaban J connectivity index is 0. The van der Waals surface area contributed by atoms with Crippen LogP contribution in [0.2, 0.25) is 0 Å². The second-order valence-corrected chi connectivity index (χ2v) is 0. The van der Waals surface area contributed by atoms with E-state index in [1.54, 1.807) is 0 Å². The van der Waals surface area contributed by atoms with Crippen molar-refractivity contribution in [2.24, 2.45) is 0 Å². The molecule has 0 aliphatic carbocycles. The van der Waals surface area contributed by atoms with Crippen LogP contribution < -0.4 is 9.41 Å². The molecular weight excluding hydrogens is 200 g/mol. The predicted octanol–water partition coefficient (Wildman–Crippen LogP) is -6.53. The molecule has 0 aliphatic rings. The smallest absolute Gasteiger partial charge is 1.00 e. The van der Waals surface area contributed by atoms with Crippen LogP contribution in [0, 0.1) is 0 Å². The summed E-state index contributed by atoms with van der Waals surface area (Å²) in [6.07, 6.45) is 0. The summed E-state index contributed by atoms with van der Waals surface area (Å²) >= 11 is 0. The predicted molar refractivity (Wildman–Crippen MR) is 13.7 cm³/mol. The van der Waals surface area contributed by atoms with Crippen LogP contribution in [0.15, 0.2) is 0 Å². The van der Waals surface area contributed by atoms with Crippen molar-refractivity contribution in [1.29, 1.82) is 0 Å². The molecule has 0 heterocycles. The zero-order chi connectivity index (χ0) is 0. The van der Waals surface area contributed by atoms with Gasteiger partial charge >= 0.3 is 71.9 Å². The molecule has 4 heavy (non-hydrogen) atoms. The molecule has 4 heteroatoms. The maximum atomic E-state index is 0. The third-order valence-electron chi connectivity index (χ3n) is 0. The molecule has 0 aliphatic heterocycles. The van der Waals surface area contributed by atoms with Gasteiger partial charge in [-0.15, -0.1) is 0 Å². The summed E-state index contributed by atoms with van der Waals surface area (Å²) in [5.74, 6) is 0. The Kier molecular flexibility index (Phi) is 164. The molecule has 0 saturated carbocycles. The van der Waals surface area contributed by atoms with Crippen molar-refractivity contribution in [2.75, 3.05) is 0 Å². The van der Waals surface area contributed by atoms with Gasteiger partial charge in [-0.05, 0) is 0 Å². The molecule has 0 atom stereocenters. The van der Waals surface area contributed by atoms with E-state index in [9.17, 15) is 0 Å². The van der Waals surface area contributed by atoms with Crippen LogP contribution in [0.25, 0.3) is 0 Å². The van der Waals surface area contributed by atoms with Gasteiger partial charge in [0.25, 0.3) is 0 Å². The van der Waals surface area contributed by atoms with Crippen molar-refractivity contribution < 1.29 is 12.3 Å². The molecule has 0 saturated heterocycles. The fourth-order valence-corrected chi connectivity index (χ4v) is 0. The van der Waals surface area contributed by atoms with Crippen LogP contribution in [-0.2, 0) is 0 Å². The van der Waals surface area contributed by atoms with Crippen LogP contribution in [0.4, 0.5) is 0 Å². The Morgan fingerprint density at radius 2 is 1.00 bits per heavy atom. The average Bonchev–Trinajstić information content (AvgIpc) is 0. The molecule has 0 rings (SSSR count). The first-order valence-corrected chi connectivity index (χ1v) is 0. The Hall–Kier alpha value is 2.20. The van der Waals surface area contributed by atoms with Crippen LogP contribution >= 0.6 is 0 Å². The molecule has 0 N–H and O–H groups in total. The quantitative estimate of drug-likeness (QED) is 0.342. The topological polar surface area (TPSA) is 0 Å². The molecule has 0 fully saturated rings. The van der Waals surface area contributed by atoms with Crippen LogP contribution in [-0.4, -0.2) is 71.9 Å². The van der Waals surface area contributed by atoms with E-state index in [0.717, 1.165) is 0 Å². The SMILES string of the molecule is [Ba+2].[F-].[F-].[H-].[H-].[Mg+2]. The first kappa shape index (κ1) is 34.7. The summed E-state index contributed by atoms with van der Waals surface area (Å²) < 4.78 is 0. The van der Waals surface area contributed by atoms with Crippen molar-refractivity contribution in [1.82, 2.24) is 0 Å². The van der Waals surface area contributed by atoms with Gasteiger partial charge in [0.15, 0.2) is 0 Å². The summed E-state index contributed by atoms with van der Waals surface area (Å²) in [4.78, 5) is 0. The molecule has 0 aromatic heterocycles. The summed E-state index contributed by atoms with van der Waals surface area (Å²) in [6.45, 7) is 0. The maximum absolute atomic E-state index is 0. The largest absolute Gasteiger partial charge is 2.00 e. The zero-order valence-corrected chi connectivity index (χ0v) is 8.03. The Bertz CT molecular complexity index is 11.5. The molecule has 0 nitrogen and oxygen atoms in total. The van der Waals surface area contributed by atoms with E-state index in [1.807, 2.05) is 0 Å². The molecular formula is H2BaF2Mg. The maximum Gasteiger partial charge on any atom is 2.00 e. The minimum absolute atomic E-state index is 0. The van der Waals surface area contributed by atoms with Gasteiger partial charge in [-0.25, -0.2) is 0 Å². The fourth-order valence-electron chi connectivity index (χ4n) is 0. The van der Waals surface area contributed by atoms with E-state index in [2.05, 4.69) is 0 Å². The zero-order valence-electron chi connectivity index (χ0n) is 4.17. The summed E-state index contributed by atoms with van der Waals surface area (Å²) in [5.41, 5.74) is 0. The number of rotatable bonds is 0. The summed E-state index contributed by atoms with van der Waals surface area (Å²) in [5, 5.41) is 0. The fraction of sp³-hybridized carbons (Fsp3) is 0. The summed E-state index contributed by atoms with van der Waals surface area (Å²) in [7, 11) is 0. The minimum Gasteiger partial charge on any atom is -1.00 e. The van der Waals surface area contributed by atoms with Crippen molar-refractivity contribution in [3.63, 3.8) is 0 Å². The van der Waals surface area contributed by atoms with Gasteiger partial charge in [0.05, 0.1) is 0 Å². The minimum atomic E-state index is 0. The van der Waals surface area contributed by atoms with Crippen molar-refractivity contribution in [2.45, 2.75) is 0 Å². The first-order chi connectivity index (χ1) is 0. The third kappa shape index (κ3) is 8.89. The molecule has 0 aromatic rings. The van der Waals surface area contributed by atoms with E-state index in [-0.39, 0.29) is 84.2 Å². The van der Waals surface area contributed by atoms with Gasteiger partial charge in [-0.3, -0.25) is 0 Å². The van der Waals surface area contributed by atoms with E-state index >= 15 is 0 Å². The number of halogens is 2. The van der Waals surface area contributed by atoms with Gasteiger partial charge in [0.2, 0.25) is 0 Å². The second kappa shape index (κ2) is 19.0. The second-order valence-electron chi connectivity index (χ2n) is 0. The van der Waals surface area contributed by atoms with Crippen LogP contribution in [0.5, 0.6) is 0 Å². The summed E-state index contributed by atoms with van der Waals surface area (Å²) in [6, 6.07) is 0. The van der Waals surface area contributed by atoms with Crippen molar-refractivity contribution in [3.05, 3.63) is 0 Å². The number of hydrogen-bond acceptors (Lipinski definition) is 0. The molecule has 0 unspecified atom stereocenters. The van der Waals surface area contributed by atoms with Crippen LogP contribution in [0.3, 0.4) is 0 Å². The van der Waals surface area contributed by atoms with E-state index in [0.29, 0.717) is 0 Å². The molecule has 0 bridgehead atoms. The van der Waals surface area contributed by atoms with Gasteiger partial charge in [-0.2, -0.15) is 0 Å². The standard InChI is InChI=1S/Ba.2FH.Mg.2H/h;2*1H;;;/q+2;;;+2;2*-1/p-2. The van der Waals surface area contributed by atoms with E-state index in [1.165, 1.54) is 0 Å². The van der Waals surface area contributed by atoms with Crippen molar-refractivity contribution >= 4 is 71.9 Å². The van der Waals surface area contributed by atoms with Gasteiger partial charge in [0, 0.05) is 0 Å². The van der Waals surface area contributed by atoms with Gasteiger partial charge in [-0.1, -0.05) is 0 Å². The monoisotopic (exact) mass is 202 g/mol. The van der Waals surface area contributed by atoms with Crippen molar-refractivity contribution in [3.8, 4) is 0 Å². The normalized spacial score (nSPS) is 0. The molecule has 0 radical (unpaired) electrons. The van der Waals surface area contributed by atoms with Gasteiger partial charge < -0.3 is 12.3 Å². The molecule has 0 spiro atoms. The Morgan fingerprint density at radius 1 is 1.00 bits per heavy atom. The Morgan fingerprint density at radius 3 is 1.00 bits per heavy atom. The molecule has 20 valence electrons. The van der Waals surface area contributed by atoms with Gasteiger partial charge in [0.1, 0.15) is 0 Å². The Labute approximate surface area is 82.6 Å². The van der Waals surface area contributed by atoms with Crippen LogP contribution in [0.1, 0.15) is 2.85 Å². The molecule has 0 aromatic carbocycles. The third-order valence-corrected chi connectivity index (χ3v) is 0. The van der Waals surface area contributed by atoms with E-state index < -0.39 is 0 Å². The number of hydrogen-bond donors (Lipinski definition) is 0. The molecule has 0 amide bonds. The first-order valence-electron chi connectivity index (χ1n) is 0. The van der Waals surface area contributed by atoms with E-state index in [4.69, 9.17) is 0 Å². The average molecular weight is 202 g/mol.